The van der Waals surface area contributed by atoms with Crippen LogP contribution in [0.25, 0.3) is 10.9 Å². The second-order valence-corrected chi connectivity index (χ2v) is 8.32. The first kappa shape index (κ1) is 24.2. The van der Waals surface area contributed by atoms with Gasteiger partial charge in [0.25, 0.3) is 0 Å². The summed E-state index contributed by atoms with van der Waals surface area (Å²) in [5.41, 5.74) is 2.35. The van der Waals surface area contributed by atoms with Gasteiger partial charge in [0.15, 0.2) is 0 Å². The van der Waals surface area contributed by atoms with Crippen molar-refractivity contribution in [2.75, 3.05) is 13.2 Å². The van der Waals surface area contributed by atoms with Crippen LogP contribution in [0, 0.1) is 5.82 Å². The van der Waals surface area contributed by atoms with E-state index in [-0.39, 0.29) is 18.0 Å². The molecule has 0 saturated carbocycles. The minimum atomic E-state index is -0.667. The molecule has 5 nitrogen and oxygen atoms in total. The Bertz CT molecular complexity index is 1350. The lowest BCUT2D eigenvalue weighted by Gasteiger charge is -2.15. The van der Waals surface area contributed by atoms with Gasteiger partial charge >= 0.3 is 5.97 Å². The van der Waals surface area contributed by atoms with Crippen LogP contribution in [0.5, 0.6) is 5.75 Å². The SMILES string of the molecule is CCOC(=O)c1cn(Cc2ccc(F)cc2)c2ccc(OCCCCc3ccccc3)cc2c1=O. The molecular formula is C29H28FNO4. The zero-order chi connectivity index (χ0) is 24.6. The van der Waals surface area contributed by atoms with Crippen LogP contribution in [0.1, 0.15) is 41.3 Å². The van der Waals surface area contributed by atoms with Gasteiger partial charge in [-0.15, -0.1) is 0 Å². The fraction of sp³-hybridized carbons (Fsp3) is 0.241. The van der Waals surface area contributed by atoms with Crippen LogP contribution in [0.3, 0.4) is 0 Å². The molecular weight excluding hydrogens is 445 g/mol. The van der Waals surface area contributed by atoms with Gasteiger partial charge in [0.1, 0.15) is 17.1 Å². The molecule has 0 radical (unpaired) electrons. The van der Waals surface area contributed by atoms with Gasteiger partial charge < -0.3 is 14.0 Å². The number of pyridine rings is 1. The molecule has 1 heterocycles. The van der Waals surface area contributed by atoms with Crippen molar-refractivity contribution >= 4 is 16.9 Å². The fourth-order valence-corrected chi connectivity index (χ4v) is 4.00. The predicted octanol–water partition coefficient (Wildman–Crippen LogP) is 5.77. The molecule has 1 aromatic heterocycles. The fourth-order valence-electron chi connectivity index (χ4n) is 4.00. The van der Waals surface area contributed by atoms with E-state index in [2.05, 4.69) is 12.1 Å². The Hall–Kier alpha value is -3.93. The van der Waals surface area contributed by atoms with Gasteiger partial charge in [0.2, 0.25) is 5.43 Å². The molecule has 6 heteroatoms. The number of hydrogen-bond acceptors (Lipinski definition) is 4. The summed E-state index contributed by atoms with van der Waals surface area (Å²) in [6.45, 7) is 2.75. The summed E-state index contributed by atoms with van der Waals surface area (Å²) in [4.78, 5) is 25.6. The highest BCUT2D eigenvalue weighted by Crippen LogP contribution is 2.21. The van der Waals surface area contributed by atoms with Gasteiger partial charge in [-0.25, -0.2) is 9.18 Å². The van der Waals surface area contributed by atoms with E-state index < -0.39 is 11.4 Å². The quantitative estimate of drug-likeness (QED) is 0.217. The van der Waals surface area contributed by atoms with Crippen molar-refractivity contribution in [2.45, 2.75) is 32.7 Å². The maximum absolute atomic E-state index is 13.3. The number of carbonyl (C=O) groups excluding carboxylic acids is 1. The number of ether oxygens (including phenoxy) is 2. The number of rotatable bonds is 10. The Labute approximate surface area is 203 Å². The van der Waals surface area contributed by atoms with Crippen molar-refractivity contribution in [2.24, 2.45) is 0 Å². The van der Waals surface area contributed by atoms with Gasteiger partial charge in [-0.2, -0.15) is 0 Å². The molecule has 0 unspecified atom stereocenters. The number of aryl methyl sites for hydroxylation is 1. The summed E-state index contributed by atoms with van der Waals surface area (Å²) in [5.74, 6) is -0.417. The molecule has 0 bridgehead atoms. The Morgan fingerprint density at radius 3 is 2.46 bits per heavy atom. The number of benzene rings is 3. The van der Waals surface area contributed by atoms with Gasteiger partial charge in [-0.3, -0.25) is 4.79 Å². The largest absolute Gasteiger partial charge is 0.494 e. The zero-order valence-electron chi connectivity index (χ0n) is 19.7. The Kier molecular flexibility index (Phi) is 7.93. The number of carbonyl (C=O) groups is 1. The number of nitrogens with zero attached hydrogens (tertiary/aromatic N) is 1. The monoisotopic (exact) mass is 473 g/mol. The number of aromatic nitrogens is 1. The number of halogens is 1. The average molecular weight is 474 g/mol. The minimum Gasteiger partial charge on any atom is -0.494 e. The summed E-state index contributed by atoms with van der Waals surface area (Å²) in [7, 11) is 0. The van der Waals surface area contributed by atoms with Crippen molar-refractivity contribution in [1.82, 2.24) is 4.57 Å². The third-order valence-corrected chi connectivity index (χ3v) is 5.78. The van der Waals surface area contributed by atoms with Gasteiger partial charge in [-0.05, 0) is 67.6 Å². The van der Waals surface area contributed by atoms with Crippen molar-refractivity contribution in [3.63, 3.8) is 0 Å². The number of esters is 1. The first-order valence-electron chi connectivity index (χ1n) is 11.8. The van der Waals surface area contributed by atoms with Crippen LogP contribution in [-0.4, -0.2) is 23.8 Å². The lowest BCUT2D eigenvalue weighted by molar-refractivity contribution is 0.0524. The van der Waals surface area contributed by atoms with Gasteiger partial charge in [0.05, 0.1) is 24.1 Å². The molecule has 4 rings (SSSR count). The van der Waals surface area contributed by atoms with E-state index in [1.807, 2.05) is 30.3 Å². The Morgan fingerprint density at radius 1 is 0.943 bits per heavy atom. The van der Waals surface area contributed by atoms with Crippen LogP contribution >= 0.6 is 0 Å². The molecule has 0 aliphatic carbocycles. The molecule has 0 N–H and O–H groups in total. The maximum atomic E-state index is 13.3. The molecule has 35 heavy (non-hydrogen) atoms. The summed E-state index contributed by atoms with van der Waals surface area (Å²) < 4.78 is 26.2. The van der Waals surface area contributed by atoms with E-state index in [4.69, 9.17) is 9.47 Å². The molecule has 0 aliphatic rings. The lowest BCUT2D eigenvalue weighted by atomic mass is 10.1. The molecule has 180 valence electrons. The number of unbranched alkanes of at least 4 members (excludes halogenated alkanes) is 1. The second-order valence-electron chi connectivity index (χ2n) is 8.32. The topological polar surface area (TPSA) is 57.5 Å². The van der Waals surface area contributed by atoms with Crippen molar-refractivity contribution < 1.29 is 18.7 Å². The number of hydrogen-bond donors (Lipinski definition) is 0. The molecule has 0 aliphatic heterocycles. The van der Waals surface area contributed by atoms with Crippen molar-refractivity contribution in [1.29, 1.82) is 0 Å². The van der Waals surface area contributed by atoms with E-state index in [0.717, 1.165) is 24.8 Å². The maximum Gasteiger partial charge on any atom is 0.343 e. The summed E-state index contributed by atoms with van der Waals surface area (Å²) in [6, 6.07) is 21.7. The second kappa shape index (κ2) is 11.5. The predicted molar refractivity (Wildman–Crippen MR) is 135 cm³/mol. The van der Waals surface area contributed by atoms with Crippen LogP contribution in [0.2, 0.25) is 0 Å². The normalized spacial score (nSPS) is 10.9. The summed E-state index contributed by atoms with van der Waals surface area (Å²) >= 11 is 0. The molecule has 0 saturated heterocycles. The third kappa shape index (κ3) is 6.15. The third-order valence-electron chi connectivity index (χ3n) is 5.78. The molecule has 0 spiro atoms. The van der Waals surface area contributed by atoms with Crippen LogP contribution < -0.4 is 10.2 Å². The zero-order valence-corrected chi connectivity index (χ0v) is 19.7. The Balaban J connectivity index is 1.56. The van der Waals surface area contributed by atoms with E-state index in [0.29, 0.717) is 29.8 Å². The molecule has 0 fully saturated rings. The van der Waals surface area contributed by atoms with Gasteiger partial charge in [-0.1, -0.05) is 42.5 Å². The minimum absolute atomic E-state index is 0.0403. The van der Waals surface area contributed by atoms with Crippen LogP contribution in [-0.2, 0) is 17.7 Å². The lowest BCUT2D eigenvalue weighted by Crippen LogP contribution is -2.21. The van der Waals surface area contributed by atoms with Gasteiger partial charge in [0, 0.05) is 12.7 Å². The average Bonchev–Trinajstić information content (AvgIpc) is 2.87. The first-order valence-corrected chi connectivity index (χ1v) is 11.8. The van der Waals surface area contributed by atoms with E-state index >= 15 is 0 Å². The highest BCUT2D eigenvalue weighted by molar-refractivity contribution is 5.94. The van der Waals surface area contributed by atoms with E-state index in [9.17, 15) is 14.0 Å². The van der Waals surface area contributed by atoms with E-state index in [1.54, 1.807) is 29.7 Å². The van der Waals surface area contributed by atoms with Crippen LogP contribution in [0.15, 0.2) is 83.8 Å². The standard InChI is InChI=1S/C29H28FNO4/c1-2-34-29(33)26-20-31(19-22-11-13-23(30)14-12-22)27-16-15-24(18-25(27)28(26)32)35-17-7-6-10-21-8-4-3-5-9-21/h3-5,8-9,11-16,18,20H,2,6-7,10,17,19H2,1H3. The summed E-state index contributed by atoms with van der Waals surface area (Å²) in [5, 5.41) is 0.374. The first-order chi connectivity index (χ1) is 17.0. The highest BCUT2D eigenvalue weighted by atomic mass is 19.1. The van der Waals surface area contributed by atoms with Crippen LogP contribution in [0.4, 0.5) is 4.39 Å². The summed E-state index contributed by atoms with van der Waals surface area (Å²) in [6.07, 6.45) is 4.37. The molecule has 0 amide bonds. The Morgan fingerprint density at radius 2 is 1.71 bits per heavy atom. The number of fused-ring (bicyclic) bond motifs is 1. The molecule has 3 aromatic carbocycles. The highest BCUT2D eigenvalue weighted by Gasteiger charge is 2.17. The smallest absolute Gasteiger partial charge is 0.343 e. The molecule has 0 atom stereocenters. The van der Waals surface area contributed by atoms with E-state index in [1.165, 1.54) is 23.9 Å². The van der Waals surface area contributed by atoms with Crippen molar-refractivity contribution in [3.05, 3.63) is 112 Å². The molecule has 4 aromatic rings. The van der Waals surface area contributed by atoms with Crippen molar-refractivity contribution in [3.8, 4) is 5.75 Å².